The Kier molecular flexibility index (Phi) is 10.2. The normalized spacial score (nSPS) is 18.5. The van der Waals surface area contributed by atoms with Crippen LogP contribution >= 0.6 is 0 Å². The maximum Gasteiger partial charge on any atom is 0.191 e. The van der Waals surface area contributed by atoms with Gasteiger partial charge in [0.1, 0.15) is 0 Å². The minimum absolute atomic E-state index is 0.471. The van der Waals surface area contributed by atoms with Crippen molar-refractivity contribution < 1.29 is 9.47 Å². The number of rotatable bonds is 9. The van der Waals surface area contributed by atoms with Crippen LogP contribution in [0.3, 0.4) is 0 Å². The van der Waals surface area contributed by atoms with Gasteiger partial charge in [0.05, 0.1) is 19.8 Å². The lowest BCUT2D eigenvalue weighted by molar-refractivity contribution is 0.00867. The zero-order valence-electron chi connectivity index (χ0n) is 14.7. The molecular weight excluding hydrogens is 280 g/mol. The molecule has 1 saturated heterocycles. The van der Waals surface area contributed by atoms with Crippen molar-refractivity contribution in [2.75, 3.05) is 59.7 Å². The van der Waals surface area contributed by atoms with Crippen LogP contribution in [0, 0.1) is 5.92 Å². The Morgan fingerprint density at radius 2 is 2.00 bits per heavy atom. The molecule has 0 saturated carbocycles. The number of hydrogen-bond acceptors (Lipinski definition) is 4. The third kappa shape index (κ3) is 7.42. The standard InChI is InChI=1S/C16H34N4O2/c1-5-17-16(18-7-6-10-21-4)19-13-15(14(2)3)20-8-11-22-12-9-20/h14-15H,5-13H2,1-4H3,(H2,17,18,19). The van der Waals surface area contributed by atoms with Gasteiger partial charge < -0.3 is 20.1 Å². The molecule has 0 spiro atoms. The molecule has 0 aromatic heterocycles. The Labute approximate surface area is 135 Å². The molecule has 130 valence electrons. The first-order chi connectivity index (χ1) is 10.7. The zero-order valence-corrected chi connectivity index (χ0v) is 14.7. The summed E-state index contributed by atoms with van der Waals surface area (Å²) in [5.74, 6) is 1.48. The molecule has 6 nitrogen and oxygen atoms in total. The highest BCUT2D eigenvalue weighted by molar-refractivity contribution is 5.79. The zero-order chi connectivity index (χ0) is 16.2. The van der Waals surface area contributed by atoms with E-state index in [9.17, 15) is 0 Å². The average Bonchev–Trinajstić information content (AvgIpc) is 2.52. The van der Waals surface area contributed by atoms with Gasteiger partial charge in [0.2, 0.25) is 0 Å². The van der Waals surface area contributed by atoms with E-state index in [1.165, 1.54) is 0 Å². The monoisotopic (exact) mass is 314 g/mol. The van der Waals surface area contributed by atoms with Crippen molar-refractivity contribution in [2.45, 2.75) is 33.2 Å². The minimum Gasteiger partial charge on any atom is -0.385 e. The number of methoxy groups -OCH3 is 1. The number of nitrogens with zero attached hydrogens (tertiary/aromatic N) is 2. The molecule has 1 aliphatic rings. The Bertz CT molecular complexity index is 305. The summed E-state index contributed by atoms with van der Waals surface area (Å²) in [7, 11) is 1.73. The number of hydrogen-bond donors (Lipinski definition) is 2. The fraction of sp³-hybridized carbons (Fsp3) is 0.938. The second-order valence-electron chi connectivity index (χ2n) is 5.95. The fourth-order valence-electron chi connectivity index (χ4n) is 2.61. The summed E-state index contributed by atoms with van der Waals surface area (Å²) in [6, 6.07) is 0.471. The molecule has 1 fully saturated rings. The van der Waals surface area contributed by atoms with Crippen molar-refractivity contribution in [1.29, 1.82) is 0 Å². The van der Waals surface area contributed by atoms with E-state index >= 15 is 0 Å². The van der Waals surface area contributed by atoms with Crippen LogP contribution in [0.2, 0.25) is 0 Å². The van der Waals surface area contributed by atoms with Gasteiger partial charge in [-0.15, -0.1) is 0 Å². The van der Waals surface area contributed by atoms with Gasteiger partial charge >= 0.3 is 0 Å². The van der Waals surface area contributed by atoms with Crippen LogP contribution in [0.25, 0.3) is 0 Å². The summed E-state index contributed by atoms with van der Waals surface area (Å²) in [4.78, 5) is 7.29. The molecule has 0 radical (unpaired) electrons. The first-order valence-corrected chi connectivity index (χ1v) is 8.52. The van der Waals surface area contributed by atoms with E-state index in [0.29, 0.717) is 12.0 Å². The highest BCUT2D eigenvalue weighted by Gasteiger charge is 2.23. The molecular formula is C16H34N4O2. The molecule has 2 N–H and O–H groups in total. The highest BCUT2D eigenvalue weighted by Crippen LogP contribution is 2.13. The summed E-state index contributed by atoms with van der Waals surface area (Å²) in [6.07, 6.45) is 0.984. The maximum atomic E-state index is 5.46. The number of nitrogens with one attached hydrogen (secondary N) is 2. The quantitative estimate of drug-likeness (QED) is 0.377. The molecule has 1 aliphatic heterocycles. The maximum absolute atomic E-state index is 5.46. The molecule has 0 amide bonds. The van der Waals surface area contributed by atoms with Crippen LogP contribution in [0.4, 0.5) is 0 Å². The Hall–Kier alpha value is -0.850. The first kappa shape index (κ1) is 19.2. The smallest absolute Gasteiger partial charge is 0.191 e. The third-order valence-electron chi connectivity index (χ3n) is 3.88. The van der Waals surface area contributed by atoms with Crippen LogP contribution in [-0.2, 0) is 9.47 Å². The largest absolute Gasteiger partial charge is 0.385 e. The summed E-state index contributed by atoms with van der Waals surface area (Å²) >= 11 is 0. The van der Waals surface area contributed by atoms with Crippen LogP contribution in [0.5, 0.6) is 0 Å². The Morgan fingerprint density at radius 3 is 2.59 bits per heavy atom. The van der Waals surface area contributed by atoms with Gasteiger partial charge in [-0.3, -0.25) is 9.89 Å². The van der Waals surface area contributed by atoms with Crippen molar-refractivity contribution in [3.05, 3.63) is 0 Å². The van der Waals surface area contributed by atoms with E-state index in [4.69, 9.17) is 14.5 Å². The molecule has 6 heteroatoms. The van der Waals surface area contributed by atoms with Crippen LogP contribution < -0.4 is 10.6 Å². The SMILES string of the molecule is CCNC(=NCC(C(C)C)N1CCOCC1)NCCCOC. The van der Waals surface area contributed by atoms with Crippen molar-refractivity contribution in [2.24, 2.45) is 10.9 Å². The van der Waals surface area contributed by atoms with Crippen LogP contribution in [0.15, 0.2) is 4.99 Å². The molecule has 1 heterocycles. The van der Waals surface area contributed by atoms with Crippen molar-refractivity contribution in [1.82, 2.24) is 15.5 Å². The van der Waals surface area contributed by atoms with Crippen LogP contribution in [0.1, 0.15) is 27.2 Å². The molecule has 0 bridgehead atoms. The molecule has 1 rings (SSSR count). The van der Waals surface area contributed by atoms with E-state index in [2.05, 4.69) is 36.3 Å². The molecule has 0 aromatic carbocycles. The summed E-state index contributed by atoms with van der Waals surface area (Å²) in [6.45, 7) is 13.7. The van der Waals surface area contributed by atoms with E-state index in [1.54, 1.807) is 7.11 Å². The lowest BCUT2D eigenvalue weighted by Gasteiger charge is -2.36. The average molecular weight is 314 g/mol. The predicted octanol–water partition coefficient (Wildman–Crippen LogP) is 0.935. The summed E-state index contributed by atoms with van der Waals surface area (Å²) < 4.78 is 10.5. The second kappa shape index (κ2) is 11.7. The molecule has 0 aliphatic carbocycles. The number of morpholine rings is 1. The second-order valence-corrected chi connectivity index (χ2v) is 5.95. The molecule has 22 heavy (non-hydrogen) atoms. The van der Waals surface area contributed by atoms with E-state index in [0.717, 1.165) is 64.9 Å². The molecule has 1 unspecified atom stereocenters. The molecule has 0 aromatic rings. The summed E-state index contributed by atoms with van der Waals surface area (Å²) in [5, 5.41) is 6.68. The highest BCUT2D eigenvalue weighted by atomic mass is 16.5. The minimum atomic E-state index is 0.471. The third-order valence-corrected chi connectivity index (χ3v) is 3.88. The van der Waals surface area contributed by atoms with Gasteiger partial charge in [0.25, 0.3) is 0 Å². The van der Waals surface area contributed by atoms with Crippen molar-refractivity contribution in [3.8, 4) is 0 Å². The lowest BCUT2D eigenvalue weighted by Crippen LogP contribution is -2.48. The van der Waals surface area contributed by atoms with Gasteiger partial charge in [0.15, 0.2) is 5.96 Å². The number of aliphatic imine (C=N–C) groups is 1. The van der Waals surface area contributed by atoms with Gasteiger partial charge in [-0.05, 0) is 19.3 Å². The number of ether oxygens (including phenoxy) is 2. The van der Waals surface area contributed by atoms with Gasteiger partial charge in [0, 0.05) is 45.9 Å². The van der Waals surface area contributed by atoms with Gasteiger partial charge in [-0.25, -0.2) is 0 Å². The lowest BCUT2D eigenvalue weighted by atomic mass is 10.0. The van der Waals surface area contributed by atoms with Gasteiger partial charge in [-0.1, -0.05) is 13.8 Å². The van der Waals surface area contributed by atoms with E-state index in [1.807, 2.05) is 0 Å². The fourth-order valence-corrected chi connectivity index (χ4v) is 2.61. The first-order valence-electron chi connectivity index (χ1n) is 8.52. The van der Waals surface area contributed by atoms with E-state index < -0.39 is 0 Å². The number of guanidine groups is 1. The predicted molar refractivity (Wildman–Crippen MR) is 91.5 cm³/mol. The van der Waals surface area contributed by atoms with Crippen molar-refractivity contribution in [3.63, 3.8) is 0 Å². The van der Waals surface area contributed by atoms with Crippen molar-refractivity contribution >= 4 is 5.96 Å². The summed E-state index contributed by atoms with van der Waals surface area (Å²) in [5.41, 5.74) is 0. The Morgan fingerprint density at radius 1 is 1.27 bits per heavy atom. The topological polar surface area (TPSA) is 58.1 Å². The Balaban J connectivity index is 2.51. The molecule has 1 atom stereocenters. The van der Waals surface area contributed by atoms with Gasteiger partial charge in [-0.2, -0.15) is 0 Å². The van der Waals surface area contributed by atoms with E-state index in [-0.39, 0.29) is 0 Å². The van der Waals surface area contributed by atoms with Crippen LogP contribution in [-0.4, -0.2) is 76.6 Å².